The van der Waals surface area contributed by atoms with Crippen LogP contribution >= 0.6 is 11.3 Å². The highest BCUT2D eigenvalue weighted by molar-refractivity contribution is 7.26. The lowest BCUT2D eigenvalue weighted by molar-refractivity contribution is 0.954. The molecule has 3 heterocycles. The van der Waals surface area contributed by atoms with Crippen molar-refractivity contribution >= 4 is 85.6 Å². The van der Waals surface area contributed by atoms with Crippen molar-refractivity contribution in [2.75, 3.05) is 0 Å². The maximum Gasteiger partial charge on any atom is 0.238 e. The lowest BCUT2D eigenvalue weighted by atomic mass is 9.98. The number of hydrogen-bond donors (Lipinski definition) is 0. The van der Waals surface area contributed by atoms with E-state index in [0.29, 0.717) is 17.6 Å². The highest BCUT2D eigenvalue weighted by atomic mass is 32.1. The van der Waals surface area contributed by atoms with E-state index in [1.807, 2.05) is 29.5 Å². The molecule has 12 aromatic rings. The molecule has 0 atom stereocenters. The molecule has 0 unspecified atom stereocenters. The van der Waals surface area contributed by atoms with Gasteiger partial charge in [0.1, 0.15) is 0 Å². The molecule has 4 nitrogen and oxygen atoms in total. The molecule has 56 heavy (non-hydrogen) atoms. The summed E-state index contributed by atoms with van der Waals surface area (Å²) in [5.41, 5.74) is 6.27. The summed E-state index contributed by atoms with van der Waals surface area (Å²) in [4.78, 5) is 15.8. The summed E-state index contributed by atoms with van der Waals surface area (Å²) in [6.07, 6.45) is 0. The van der Waals surface area contributed by atoms with Gasteiger partial charge in [-0.2, -0.15) is 9.97 Å². The summed E-state index contributed by atoms with van der Waals surface area (Å²) in [7, 11) is 0. The molecule has 0 fully saturated rings. The standard InChI is InChI=1S/C51H30N4S/c1-2-13-33(14-3-1)49-52-50(38-22-21-31-11-4-5-15-34(31)27-38)54-51(53-49)55-44-30-36-17-7-6-16-35(36)28-42(44)41-20-10-19-40(48(41)55)37-24-25-45-43(29-37)47-39-18-9-8-12-32(39)23-26-46(47)56-45/h1-30H. The summed E-state index contributed by atoms with van der Waals surface area (Å²) >= 11 is 1.86. The Labute approximate surface area is 325 Å². The Hall–Kier alpha value is -7.21. The van der Waals surface area contributed by atoms with E-state index in [4.69, 9.17) is 15.0 Å². The van der Waals surface area contributed by atoms with Gasteiger partial charge in [0.15, 0.2) is 11.6 Å². The monoisotopic (exact) mass is 730 g/mol. The van der Waals surface area contributed by atoms with E-state index in [1.165, 1.54) is 41.7 Å². The van der Waals surface area contributed by atoms with Crippen LogP contribution in [0.5, 0.6) is 0 Å². The summed E-state index contributed by atoms with van der Waals surface area (Å²) in [6, 6.07) is 65.1. The Balaban J connectivity index is 1.18. The van der Waals surface area contributed by atoms with E-state index in [-0.39, 0.29) is 0 Å². The molecule has 0 bridgehead atoms. The van der Waals surface area contributed by atoms with E-state index >= 15 is 0 Å². The number of thiophene rings is 1. The van der Waals surface area contributed by atoms with Crippen LogP contribution in [0.25, 0.3) is 114 Å². The molecule has 0 saturated heterocycles. The predicted molar refractivity (Wildman–Crippen MR) is 236 cm³/mol. The third-order valence-corrected chi connectivity index (χ3v) is 12.3. The fraction of sp³-hybridized carbons (Fsp3) is 0. The summed E-state index contributed by atoms with van der Waals surface area (Å²) < 4.78 is 4.86. The van der Waals surface area contributed by atoms with Crippen LogP contribution in [0.1, 0.15) is 0 Å². The van der Waals surface area contributed by atoms with Crippen molar-refractivity contribution < 1.29 is 0 Å². The van der Waals surface area contributed by atoms with Crippen molar-refractivity contribution in [3.05, 3.63) is 182 Å². The largest absolute Gasteiger partial charge is 0.277 e. The molecule has 0 amide bonds. The van der Waals surface area contributed by atoms with Gasteiger partial charge in [-0.25, -0.2) is 4.98 Å². The lowest BCUT2D eigenvalue weighted by Gasteiger charge is -2.13. The van der Waals surface area contributed by atoms with Crippen molar-refractivity contribution in [1.82, 2.24) is 19.5 Å². The molecule has 3 aromatic heterocycles. The second-order valence-corrected chi connectivity index (χ2v) is 15.5. The van der Waals surface area contributed by atoms with Crippen LogP contribution in [0.4, 0.5) is 0 Å². The quantitative estimate of drug-likeness (QED) is 0.181. The average molecular weight is 731 g/mol. The van der Waals surface area contributed by atoms with E-state index < -0.39 is 0 Å². The first kappa shape index (κ1) is 31.2. The molecular weight excluding hydrogens is 701 g/mol. The fourth-order valence-electron chi connectivity index (χ4n) is 8.55. The first-order valence-corrected chi connectivity index (χ1v) is 19.7. The molecule has 5 heteroatoms. The van der Waals surface area contributed by atoms with Crippen LogP contribution in [-0.2, 0) is 0 Å². The van der Waals surface area contributed by atoms with Crippen molar-refractivity contribution in [2.45, 2.75) is 0 Å². The lowest BCUT2D eigenvalue weighted by Crippen LogP contribution is -2.07. The molecule has 0 aliphatic heterocycles. The number of aromatic nitrogens is 4. The third-order valence-electron chi connectivity index (χ3n) is 11.2. The Kier molecular flexibility index (Phi) is 6.76. The van der Waals surface area contributed by atoms with Gasteiger partial charge in [0.05, 0.1) is 11.0 Å². The van der Waals surface area contributed by atoms with Crippen molar-refractivity contribution in [3.63, 3.8) is 0 Å². The molecule has 0 aliphatic rings. The summed E-state index contributed by atoms with van der Waals surface area (Å²) in [5.74, 6) is 1.84. The number of para-hydroxylation sites is 1. The minimum absolute atomic E-state index is 0.581. The second-order valence-electron chi connectivity index (χ2n) is 14.4. The maximum atomic E-state index is 5.35. The van der Waals surface area contributed by atoms with Gasteiger partial charge in [-0.1, -0.05) is 146 Å². The van der Waals surface area contributed by atoms with Crippen LogP contribution in [-0.4, -0.2) is 19.5 Å². The van der Waals surface area contributed by atoms with Gasteiger partial charge < -0.3 is 0 Å². The summed E-state index contributed by atoms with van der Waals surface area (Å²) in [6.45, 7) is 0. The van der Waals surface area contributed by atoms with Gasteiger partial charge in [0.25, 0.3) is 0 Å². The van der Waals surface area contributed by atoms with Gasteiger partial charge in [-0.15, -0.1) is 11.3 Å². The Bertz CT molecular complexity index is 3540. The van der Waals surface area contributed by atoms with Crippen molar-refractivity contribution in [3.8, 4) is 39.9 Å². The highest BCUT2D eigenvalue weighted by Gasteiger charge is 2.22. The number of nitrogens with zero attached hydrogens (tertiary/aromatic N) is 4. The maximum absolute atomic E-state index is 5.35. The van der Waals surface area contributed by atoms with Gasteiger partial charge in [0.2, 0.25) is 5.95 Å². The SMILES string of the molecule is c1ccc(-c2nc(-c3ccc4ccccc4c3)nc(-n3c4cc5ccccc5cc4c4cccc(-c5ccc6sc7ccc8ccccc8c7c6c5)c43)n2)cc1. The van der Waals surface area contributed by atoms with Crippen LogP contribution in [0, 0.1) is 0 Å². The molecule has 260 valence electrons. The zero-order valence-electron chi connectivity index (χ0n) is 30.0. The molecule has 0 spiro atoms. The summed E-state index contributed by atoms with van der Waals surface area (Å²) in [5, 5.41) is 12.1. The highest BCUT2D eigenvalue weighted by Crippen LogP contribution is 2.43. The van der Waals surface area contributed by atoms with E-state index in [2.05, 4.69) is 168 Å². The minimum Gasteiger partial charge on any atom is -0.277 e. The van der Waals surface area contributed by atoms with Crippen LogP contribution in [0.15, 0.2) is 182 Å². The molecule has 0 N–H and O–H groups in total. The second kappa shape index (κ2) is 12.2. The topological polar surface area (TPSA) is 43.6 Å². The molecular formula is C51H30N4S. The first-order chi connectivity index (χ1) is 27.7. The van der Waals surface area contributed by atoms with Gasteiger partial charge >= 0.3 is 0 Å². The molecule has 12 rings (SSSR count). The molecule has 9 aromatic carbocycles. The first-order valence-electron chi connectivity index (χ1n) is 18.8. The number of rotatable bonds is 4. The zero-order valence-corrected chi connectivity index (χ0v) is 30.8. The Morgan fingerprint density at radius 3 is 1.86 bits per heavy atom. The van der Waals surface area contributed by atoms with Gasteiger partial charge in [0, 0.05) is 47.6 Å². The van der Waals surface area contributed by atoms with Gasteiger partial charge in [-0.05, 0) is 74.3 Å². The van der Waals surface area contributed by atoms with E-state index in [9.17, 15) is 0 Å². The normalized spacial score (nSPS) is 11.9. The Morgan fingerprint density at radius 1 is 0.375 bits per heavy atom. The predicted octanol–water partition coefficient (Wildman–Crippen LogP) is 13.8. The van der Waals surface area contributed by atoms with Gasteiger partial charge in [-0.3, -0.25) is 4.57 Å². The molecule has 0 radical (unpaired) electrons. The van der Waals surface area contributed by atoms with Crippen molar-refractivity contribution in [1.29, 1.82) is 0 Å². The van der Waals surface area contributed by atoms with Crippen LogP contribution < -0.4 is 0 Å². The van der Waals surface area contributed by atoms with E-state index in [1.54, 1.807) is 0 Å². The molecule has 0 saturated carbocycles. The smallest absolute Gasteiger partial charge is 0.238 e. The fourth-order valence-corrected chi connectivity index (χ4v) is 9.65. The zero-order chi connectivity index (χ0) is 36.7. The Morgan fingerprint density at radius 2 is 1.02 bits per heavy atom. The number of fused-ring (bicyclic) bond motifs is 10. The number of hydrogen-bond acceptors (Lipinski definition) is 4. The minimum atomic E-state index is 0.581. The van der Waals surface area contributed by atoms with Crippen LogP contribution in [0.3, 0.4) is 0 Å². The van der Waals surface area contributed by atoms with E-state index in [0.717, 1.165) is 54.8 Å². The molecule has 0 aliphatic carbocycles. The third kappa shape index (κ3) is 4.81. The van der Waals surface area contributed by atoms with Crippen molar-refractivity contribution in [2.24, 2.45) is 0 Å². The average Bonchev–Trinajstić information content (AvgIpc) is 3.81. The van der Waals surface area contributed by atoms with Crippen LogP contribution in [0.2, 0.25) is 0 Å². The number of benzene rings is 9.